The second-order valence-electron chi connectivity index (χ2n) is 4.84. The van der Waals surface area contributed by atoms with Crippen LogP contribution in [0.25, 0.3) is 0 Å². The lowest BCUT2D eigenvalue weighted by molar-refractivity contribution is 0.0600. The number of benzene rings is 1. The zero-order valence-corrected chi connectivity index (χ0v) is 12.2. The van der Waals surface area contributed by atoms with Gasteiger partial charge in [0, 0.05) is 25.6 Å². The summed E-state index contributed by atoms with van der Waals surface area (Å²) in [6, 6.07) is 4.46. The molecule has 2 rings (SSSR count). The largest absolute Gasteiger partial charge is 0.465 e. The fourth-order valence-corrected chi connectivity index (χ4v) is 3.94. The summed E-state index contributed by atoms with van der Waals surface area (Å²) in [5.74, 6) is -0.577. The van der Waals surface area contributed by atoms with Crippen LogP contribution in [0, 0.1) is 12.8 Å². The van der Waals surface area contributed by atoms with E-state index in [1.807, 2.05) is 0 Å². The van der Waals surface area contributed by atoms with Crippen LogP contribution in [0.5, 0.6) is 0 Å². The average Bonchev–Trinajstić information content (AvgIpc) is 2.36. The van der Waals surface area contributed by atoms with Crippen molar-refractivity contribution in [2.75, 3.05) is 26.8 Å². The molecule has 1 aromatic rings. The van der Waals surface area contributed by atoms with E-state index in [4.69, 9.17) is 5.11 Å². The Balaban J connectivity index is 2.34. The third-order valence-corrected chi connectivity index (χ3v) is 5.38. The highest BCUT2D eigenvalue weighted by molar-refractivity contribution is 7.89. The standard InChI is InChI=1S/C13H17NO5S/c1-9-3-4-11(13(16)19-2)5-12(9)20(17,18)14-6-10(7-14)8-15/h3-5,10,15H,6-8H2,1-2H3. The zero-order valence-electron chi connectivity index (χ0n) is 11.4. The first kappa shape index (κ1) is 15.0. The van der Waals surface area contributed by atoms with E-state index in [9.17, 15) is 13.2 Å². The lowest BCUT2D eigenvalue weighted by atomic mass is 10.1. The molecule has 1 saturated heterocycles. The van der Waals surface area contributed by atoms with E-state index in [1.165, 1.54) is 23.5 Å². The van der Waals surface area contributed by atoms with Gasteiger partial charge in [-0.3, -0.25) is 0 Å². The minimum atomic E-state index is -3.63. The van der Waals surface area contributed by atoms with Crippen molar-refractivity contribution in [3.05, 3.63) is 29.3 Å². The minimum absolute atomic E-state index is 0.00568. The van der Waals surface area contributed by atoms with Crippen LogP contribution < -0.4 is 0 Å². The maximum absolute atomic E-state index is 12.5. The number of ether oxygens (including phenoxy) is 1. The normalized spacial score (nSPS) is 16.8. The number of sulfonamides is 1. The number of rotatable bonds is 4. The Kier molecular flexibility index (Phi) is 4.12. The number of esters is 1. The van der Waals surface area contributed by atoms with E-state index >= 15 is 0 Å². The van der Waals surface area contributed by atoms with Gasteiger partial charge in [-0.2, -0.15) is 4.31 Å². The predicted octanol–water partition coefficient (Wildman–Crippen LogP) is 0.394. The number of hydrogen-bond donors (Lipinski definition) is 1. The number of aryl methyl sites for hydroxylation is 1. The molecule has 0 aliphatic carbocycles. The summed E-state index contributed by atoms with van der Waals surface area (Å²) in [6.45, 7) is 2.27. The van der Waals surface area contributed by atoms with Gasteiger partial charge in [0.1, 0.15) is 0 Å². The summed E-state index contributed by atoms with van der Waals surface area (Å²) in [5, 5.41) is 8.96. The molecular weight excluding hydrogens is 282 g/mol. The van der Waals surface area contributed by atoms with Gasteiger partial charge in [0.25, 0.3) is 0 Å². The Labute approximate surface area is 118 Å². The molecular formula is C13H17NO5S. The highest BCUT2D eigenvalue weighted by Gasteiger charge is 2.37. The summed E-state index contributed by atoms with van der Waals surface area (Å²) >= 11 is 0. The molecule has 6 nitrogen and oxygen atoms in total. The molecule has 0 atom stereocenters. The first-order valence-corrected chi connectivity index (χ1v) is 7.64. The minimum Gasteiger partial charge on any atom is -0.465 e. The first-order chi connectivity index (χ1) is 9.40. The number of aliphatic hydroxyl groups excluding tert-OH is 1. The van der Waals surface area contributed by atoms with Crippen molar-refractivity contribution < 1.29 is 23.1 Å². The molecule has 0 radical (unpaired) electrons. The second kappa shape index (κ2) is 5.51. The Morgan fingerprint density at radius 1 is 1.45 bits per heavy atom. The van der Waals surface area contributed by atoms with Crippen LogP contribution in [-0.2, 0) is 14.8 Å². The topological polar surface area (TPSA) is 83.9 Å². The predicted molar refractivity (Wildman–Crippen MR) is 71.9 cm³/mol. The van der Waals surface area contributed by atoms with E-state index in [2.05, 4.69) is 4.74 Å². The number of hydrogen-bond acceptors (Lipinski definition) is 5. The van der Waals surface area contributed by atoms with Gasteiger partial charge in [-0.05, 0) is 24.6 Å². The molecule has 0 saturated carbocycles. The molecule has 1 aliphatic rings. The molecule has 0 spiro atoms. The summed E-state index contributed by atoms with van der Waals surface area (Å²) in [6.07, 6.45) is 0. The van der Waals surface area contributed by atoms with Gasteiger partial charge in [-0.25, -0.2) is 13.2 Å². The molecule has 1 N–H and O–H groups in total. The first-order valence-electron chi connectivity index (χ1n) is 6.20. The van der Waals surface area contributed by atoms with Gasteiger partial charge >= 0.3 is 5.97 Å². The second-order valence-corrected chi connectivity index (χ2v) is 6.75. The van der Waals surface area contributed by atoms with Crippen molar-refractivity contribution in [3.63, 3.8) is 0 Å². The highest BCUT2D eigenvalue weighted by atomic mass is 32.2. The van der Waals surface area contributed by atoms with Crippen LogP contribution in [0.2, 0.25) is 0 Å². The van der Waals surface area contributed by atoms with Gasteiger partial charge in [-0.1, -0.05) is 6.07 Å². The number of carbonyl (C=O) groups is 1. The Hall–Kier alpha value is -1.44. The quantitative estimate of drug-likeness (QED) is 0.813. The molecule has 0 aromatic heterocycles. The van der Waals surface area contributed by atoms with Gasteiger partial charge in [0.05, 0.1) is 17.6 Å². The van der Waals surface area contributed by atoms with Crippen molar-refractivity contribution in [2.24, 2.45) is 5.92 Å². The van der Waals surface area contributed by atoms with Crippen molar-refractivity contribution >= 4 is 16.0 Å². The van der Waals surface area contributed by atoms with Crippen LogP contribution in [-0.4, -0.2) is 50.6 Å². The van der Waals surface area contributed by atoms with E-state index in [-0.39, 0.29) is 23.0 Å². The molecule has 1 fully saturated rings. The summed E-state index contributed by atoms with van der Waals surface area (Å²) in [7, 11) is -2.38. The summed E-state index contributed by atoms with van der Waals surface area (Å²) < 4.78 is 30.8. The van der Waals surface area contributed by atoms with Gasteiger partial charge in [-0.15, -0.1) is 0 Å². The zero-order chi connectivity index (χ0) is 14.9. The molecule has 0 unspecified atom stereocenters. The Morgan fingerprint density at radius 2 is 2.10 bits per heavy atom. The lowest BCUT2D eigenvalue weighted by Crippen LogP contribution is -2.51. The van der Waals surface area contributed by atoms with Gasteiger partial charge in [0.2, 0.25) is 10.0 Å². The summed E-state index contributed by atoms with van der Waals surface area (Å²) in [4.78, 5) is 11.6. The Morgan fingerprint density at radius 3 is 2.65 bits per heavy atom. The number of methoxy groups -OCH3 is 1. The molecule has 1 aromatic carbocycles. The van der Waals surface area contributed by atoms with Gasteiger partial charge in [0.15, 0.2) is 0 Å². The fourth-order valence-electron chi connectivity index (χ4n) is 2.10. The molecule has 1 heterocycles. The number of carbonyl (C=O) groups excluding carboxylic acids is 1. The smallest absolute Gasteiger partial charge is 0.337 e. The van der Waals surface area contributed by atoms with Crippen molar-refractivity contribution in [1.29, 1.82) is 0 Å². The maximum Gasteiger partial charge on any atom is 0.337 e. The number of nitrogens with zero attached hydrogens (tertiary/aromatic N) is 1. The lowest BCUT2D eigenvalue weighted by Gasteiger charge is -2.37. The third kappa shape index (κ3) is 2.56. The van der Waals surface area contributed by atoms with Crippen LogP contribution in [0.1, 0.15) is 15.9 Å². The van der Waals surface area contributed by atoms with Crippen LogP contribution >= 0.6 is 0 Å². The van der Waals surface area contributed by atoms with E-state index in [0.29, 0.717) is 18.7 Å². The third-order valence-electron chi connectivity index (χ3n) is 3.41. The van der Waals surface area contributed by atoms with Gasteiger partial charge < -0.3 is 9.84 Å². The highest BCUT2D eigenvalue weighted by Crippen LogP contribution is 2.27. The van der Waals surface area contributed by atoms with Crippen molar-refractivity contribution in [3.8, 4) is 0 Å². The molecule has 0 amide bonds. The average molecular weight is 299 g/mol. The molecule has 110 valence electrons. The number of aliphatic hydroxyl groups is 1. The monoisotopic (exact) mass is 299 g/mol. The molecule has 1 aliphatic heterocycles. The van der Waals surface area contributed by atoms with Crippen molar-refractivity contribution in [1.82, 2.24) is 4.31 Å². The van der Waals surface area contributed by atoms with E-state index in [0.717, 1.165) is 0 Å². The maximum atomic E-state index is 12.5. The molecule has 7 heteroatoms. The van der Waals surface area contributed by atoms with E-state index < -0.39 is 16.0 Å². The molecule has 20 heavy (non-hydrogen) atoms. The van der Waals surface area contributed by atoms with Crippen LogP contribution in [0.3, 0.4) is 0 Å². The molecule has 0 bridgehead atoms. The van der Waals surface area contributed by atoms with Crippen LogP contribution in [0.4, 0.5) is 0 Å². The Bertz CT molecular complexity index is 620. The van der Waals surface area contributed by atoms with Crippen LogP contribution in [0.15, 0.2) is 23.1 Å². The SMILES string of the molecule is COC(=O)c1ccc(C)c(S(=O)(=O)N2CC(CO)C2)c1. The van der Waals surface area contributed by atoms with E-state index in [1.54, 1.807) is 13.0 Å². The summed E-state index contributed by atoms with van der Waals surface area (Å²) in [5.41, 5.74) is 0.779. The fraction of sp³-hybridized carbons (Fsp3) is 0.462. The van der Waals surface area contributed by atoms with Crippen molar-refractivity contribution in [2.45, 2.75) is 11.8 Å².